The predicted molar refractivity (Wildman–Crippen MR) is 93.4 cm³/mol. The first-order chi connectivity index (χ1) is 10.9. The average Bonchev–Trinajstić information content (AvgIpc) is 3.27. The second-order valence-corrected chi connectivity index (χ2v) is 6.71. The number of aryl methyl sites for hydroxylation is 3. The molecule has 0 aliphatic heterocycles. The van der Waals surface area contributed by atoms with Crippen LogP contribution in [0.1, 0.15) is 49.3 Å². The van der Waals surface area contributed by atoms with Crippen LogP contribution in [0.25, 0.3) is 0 Å². The molecule has 2 N–H and O–H groups in total. The summed E-state index contributed by atoms with van der Waals surface area (Å²) in [4.78, 5) is 24.4. The lowest BCUT2D eigenvalue weighted by Gasteiger charge is -2.13. The van der Waals surface area contributed by atoms with E-state index in [2.05, 4.69) is 29.7 Å². The highest BCUT2D eigenvalue weighted by atomic mass is 16.2. The Morgan fingerprint density at radius 3 is 2.26 bits per heavy atom. The standard InChI is InChI=1S/C19H28N2O2/c1-5-6-7-8-20-18(22)15-11-16(15)19(23)21-17-13(3)9-12(2)10-14(17)4/h9-10,15-16H,5-8,11H2,1-4H3,(H,20,22)(H,21,23). The van der Waals surface area contributed by atoms with Crippen molar-refractivity contribution in [1.82, 2.24) is 5.32 Å². The predicted octanol–water partition coefficient (Wildman–Crippen LogP) is 3.49. The third-order valence-corrected chi connectivity index (χ3v) is 4.47. The van der Waals surface area contributed by atoms with E-state index in [1.165, 1.54) is 5.56 Å². The van der Waals surface area contributed by atoms with Crippen molar-refractivity contribution >= 4 is 17.5 Å². The Bertz CT molecular complexity index is 572. The van der Waals surface area contributed by atoms with E-state index in [-0.39, 0.29) is 23.7 Å². The summed E-state index contributed by atoms with van der Waals surface area (Å²) >= 11 is 0. The van der Waals surface area contributed by atoms with Crippen molar-refractivity contribution in [3.05, 3.63) is 28.8 Å². The van der Waals surface area contributed by atoms with Crippen molar-refractivity contribution in [2.24, 2.45) is 11.8 Å². The first-order valence-electron chi connectivity index (χ1n) is 8.60. The fraction of sp³-hybridized carbons (Fsp3) is 0.579. The quantitative estimate of drug-likeness (QED) is 0.757. The van der Waals surface area contributed by atoms with Crippen LogP contribution in [0.15, 0.2) is 12.1 Å². The van der Waals surface area contributed by atoms with Gasteiger partial charge in [0, 0.05) is 12.2 Å². The van der Waals surface area contributed by atoms with Gasteiger partial charge >= 0.3 is 0 Å². The molecule has 0 bridgehead atoms. The smallest absolute Gasteiger partial charge is 0.228 e. The topological polar surface area (TPSA) is 58.2 Å². The third-order valence-electron chi connectivity index (χ3n) is 4.47. The number of amides is 2. The van der Waals surface area contributed by atoms with Gasteiger partial charge in [-0.2, -0.15) is 0 Å². The van der Waals surface area contributed by atoms with Crippen molar-refractivity contribution in [1.29, 1.82) is 0 Å². The molecule has 4 heteroatoms. The highest BCUT2D eigenvalue weighted by Crippen LogP contribution is 2.40. The van der Waals surface area contributed by atoms with E-state index in [1.807, 2.05) is 20.8 Å². The molecule has 126 valence electrons. The Labute approximate surface area is 139 Å². The number of anilines is 1. The van der Waals surface area contributed by atoms with Crippen molar-refractivity contribution < 1.29 is 9.59 Å². The largest absolute Gasteiger partial charge is 0.356 e. The second-order valence-electron chi connectivity index (χ2n) is 6.71. The highest BCUT2D eigenvalue weighted by molar-refractivity contribution is 6.00. The monoisotopic (exact) mass is 316 g/mol. The Morgan fingerprint density at radius 1 is 1.04 bits per heavy atom. The molecule has 0 saturated heterocycles. The van der Waals surface area contributed by atoms with Gasteiger partial charge in [-0.25, -0.2) is 0 Å². The normalized spacial score (nSPS) is 19.3. The van der Waals surface area contributed by atoms with Crippen LogP contribution in [0.4, 0.5) is 5.69 Å². The molecule has 23 heavy (non-hydrogen) atoms. The minimum absolute atomic E-state index is 0.0265. The lowest BCUT2D eigenvalue weighted by atomic mass is 10.0. The van der Waals surface area contributed by atoms with E-state index in [9.17, 15) is 9.59 Å². The van der Waals surface area contributed by atoms with Gasteiger partial charge in [0.05, 0.1) is 11.8 Å². The average molecular weight is 316 g/mol. The summed E-state index contributed by atoms with van der Waals surface area (Å²) in [5.74, 6) is -0.337. The van der Waals surface area contributed by atoms with Crippen molar-refractivity contribution in [2.75, 3.05) is 11.9 Å². The number of benzene rings is 1. The minimum atomic E-state index is -0.179. The summed E-state index contributed by atoms with van der Waals surface area (Å²) in [6.07, 6.45) is 3.93. The molecule has 2 atom stereocenters. The fourth-order valence-electron chi connectivity index (χ4n) is 3.09. The Morgan fingerprint density at radius 2 is 1.65 bits per heavy atom. The number of carbonyl (C=O) groups excluding carboxylic acids is 2. The van der Waals surface area contributed by atoms with Crippen LogP contribution in [-0.4, -0.2) is 18.4 Å². The number of hydrogen-bond donors (Lipinski definition) is 2. The molecule has 1 aromatic carbocycles. The maximum atomic E-state index is 12.4. The molecule has 0 radical (unpaired) electrons. The zero-order valence-corrected chi connectivity index (χ0v) is 14.7. The van der Waals surface area contributed by atoms with Gasteiger partial charge in [-0.05, 0) is 44.7 Å². The van der Waals surface area contributed by atoms with Gasteiger partial charge in [-0.3, -0.25) is 9.59 Å². The molecule has 1 aliphatic rings. The molecule has 1 fully saturated rings. The lowest BCUT2D eigenvalue weighted by Crippen LogP contribution is -2.28. The third kappa shape index (κ3) is 4.57. The SMILES string of the molecule is CCCCCNC(=O)C1CC1C(=O)Nc1c(C)cc(C)cc1C. The number of rotatable bonds is 7. The van der Waals surface area contributed by atoms with E-state index in [0.717, 1.165) is 36.1 Å². The van der Waals surface area contributed by atoms with E-state index < -0.39 is 0 Å². The van der Waals surface area contributed by atoms with Crippen LogP contribution in [0.5, 0.6) is 0 Å². The van der Waals surface area contributed by atoms with Crippen LogP contribution in [0, 0.1) is 32.6 Å². The van der Waals surface area contributed by atoms with E-state index >= 15 is 0 Å². The molecule has 4 nitrogen and oxygen atoms in total. The maximum Gasteiger partial charge on any atom is 0.228 e. The number of carbonyl (C=O) groups is 2. The molecule has 1 aromatic rings. The summed E-state index contributed by atoms with van der Waals surface area (Å²) in [6, 6.07) is 4.13. The van der Waals surface area contributed by atoms with Crippen LogP contribution in [-0.2, 0) is 9.59 Å². The highest BCUT2D eigenvalue weighted by Gasteiger charge is 2.47. The van der Waals surface area contributed by atoms with E-state index in [1.54, 1.807) is 0 Å². The molecule has 1 saturated carbocycles. The van der Waals surface area contributed by atoms with Crippen LogP contribution in [0.2, 0.25) is 0 Å². The van der Waals surface area contributed by atoms with Gasteiger partial charge in [0.1, 0.15) is 0 Å². The molecular weight excluding hydrogens is 288 g/mol. The van der Waals surface area contributed by atoms with Crippen LogP contribution < -0.4 is 10.6 Å². The van der Waals surface area contributed by atoms with Gasteiger partial charge in [0.25, 0.3) is 0 Å². The number of hydrogen-bond acceptors (Lipinski definition) is 2. The van der Waals surface area contributed by atoms with E-state index in [4.69, 9.17) is 0 Å². The summed E-state index contributed by atoms with van der Waals surface area (Å²) in [7, 11) is 0. The maximum absolute atomic E-state index is 12.4. The van der Waals surface area contributed by atoms with Gasteiger partial charge in [-0.1, -0.05) is 37.5 Å². The Balaban J connectivity index is 1.86. The lowest BCUT2D eigenvalue weighted by molar-refractivity contribution is -0.125. The van der Waals surface area contributed by atoms with Crippen LogP contribution in [0.3, 0.4) is 0 Å². The molecule has 0 aromatic heterocycles. The Hall–Kier alpha value is -1.84. The van der Waals surface area contributed by atoms with Crippen LogP contribution >= 0.6 is 0 Å². The van der Waals surface area contributed by atoms with Gasteiger partial charge < -0.3 is 10.6 Å². The molecule has 2 amide bonds. The molecule has 0 heterocycles. The zero-order valence-electron chi connectivity index (χ0n) is 14.7. The van der Waals surface area contributed by atoms with Crippen molar-refractivity contribution in [2.45, 2.75) is 53.4 Å². The van der Waals surface area contributed by atoms with Crippen molar-refractivity contribution in [3.8, 4) is 0 Å². The Kier molecular flexibility index (Phi) is 5.80. The molecule has 2 rings (SSSR count). The number of unbranched alkanes of at least 4 members (excludes halogenated alkanes) is 2. The van der Waals surface area contributed by atoms with Gasteiger partial charge in [0.2, 0.25) is 11.8 Å². The second kappa shape index (κ2) is 7.62. The number of nitrogens with one attached hydrogen (secondary N) is 2. The first-order valence-corrected chi connectivity index (χ1v) is 8.60. The first kappa shape index (κ1) is 17.5. The molecule has 0 spiro atoms. The van der Waals surface area contributed by atoms with Crippen molar-refractivity contribution in [3.63, 3.8) is 0 Å². The van der Waals surface area contributed by atoms with E-state index in [0.29, 0.717) is 13.0 Å². The van der Waals surface area contributed by atoms with Gasteiger partial charge in [-0.15, -0.1) is 0 Å². The molecular formula is C19H28N2O2. The summed E-state index contributed by atoms with van der Waals surface area (Å²) in [5, 5.41) is 5.95. The fourth-order valence-corrected chi connectivity index (χ4v) is 3.09. The zero-order chi connectivity index (χ0) is 17.0. The molecule has 1 aliphatic carbocycles. The minimum Gasteiger partial charge on any atom is -0.356 e. The summed E-state index contributed by atoms with van der Waals surface area (Å²) < 4.78 is 0. The summed E-state index contributed by atoms with van der Waals surface area (Å²) in [5.41, 5.74) is 4.21. The van der Waals surface area contributed by atoms with Gasteiger partial charge in [0.15, 0.2) is 0 Å². The summed E-state index contributed by atoms with van der Waals surface area (Å²) in [6.45, 7) is 8.90. The molecule has 2 unspecified atom stereocenters.